The molecule has 0 saturated carbocycles. The first-order valence-corrected chi connectivity index (χ1v) is 7.70. The van der Waals surface area contributed by atoms with Crippen LogP contribution in [0.1, 0.15) is 24.3 Å². The van der Waals surface area contributed by atoms with E-state index in [0.717, 1.165) is 18.2 Å². The zero-order chi connectivity index (χ0) is 17.3. The van der Waals surface area contributed by atoms with Crippen molar-refractivity contribution in [1.29, 1.82) is 0 Å². The van der Waals surface area contributed by atoms with Crippen molar-refractivity contribution >= 4 is 5.91 Å². The normalized spacial score (nSPS) is 16.9. The van der Waals surface area contributed by atoms with Crippen LogP contribution < -0.4 is 0 Å². The number of hydrogen-bond acceptors (Lipinski definition) is 3. The van der Waals surface area contributed by atoms with Crippen LogP contribution in [0.4, 0.5) is 8.78 Å². The molecule has 0 aliphatic carbocycles. The van der Waals surface area contributed by atoms with Crippen LogP contribution in [0.2, 0.25) is 0 Å². The number of hydrogen-bond donors (Lipinski definition) is 0. The van der Waals surface area contributed by atoms with Gasteiger partial charge in [0, 0.05) is 30.4 Å². The van der Waals surface area contributed by atoms with Gasteiger partial charge in [0.2, 0.25) is 0 Å². The summed E-state index contributed by atoms with van der Waals surface area (Å²) >= 11 is 0. The Morgan fingerprint density at radius 3 is 2.71 bits per heavy atom. The minimum atomic E-state index is -0.535. The van der Waals surface area contributed by atoms with Crippen molar-refractivity contribution in [2.24, 2.45) is 0 Å². The SMILES string of the molecule is CC1(C)CN(C(=O)c2ccc(-c3cc(F)ccc3F)cn2)CCO1. The molecule has 1 aromatic heterocycles. The fraction of sp³-hybridized carbons (Fsp3) is 0.333. The number of aromatic nitrogens is 1. The van der Waals surface area contributed by atoms with Crippen molar-refractivity contribution in [3.05, 3.63) is 53.9 Å². The highest BCUT2D eigenvalue weighted by atomic mass is 19.1. The third-order valence-corrected chi connectivity index (χ3v) is 3.93. The van der Waals surface area contributed by atoms with Crippen LogP contribution in [0.25, 0.3) is 11.1 Å². The maximum atomic E-state index is 13.8. The zero-order valence-electron chi connectivity index (χ0n) is 13.6. The largest absolute Gasteiger partial charge is 0.372 e. The number of morpholine rings is 1. The van der Waals surface area contributed by atoms with Gasteiger partial charge in [0.25, 0.3) is 5.91 Å². The minimum absolute atomic E-state index is 0.119. The molecule has 0 bridgehead atoms. The Kier molecular flexibility index (Phi) is 4.32. The molecule has 4 nitrogen and oxygen atoms in total. The average Bonchev–Trinajstić information content (AvgIpc) is 2.56. The molecule has 0 radical (unpaired) electrons. The lowest BCUT2D eigenvalue weighted by Crippen LogP contribution is -2.50. The predicted molar refractivity (Wildman–Crippen MR) is 85.5 cm³/mol. The van der Waals surface area contributed by atoms with Gasteiger partial charge in [-0.3, -0.25) is 9.78 Å². The Morgan fingerprint density at radius 2 is 2.04 bits per heavy atom. The van der Waals surface area contributed by atoms with E-state index in [4.69, 9.17) is 4.74 Å². The second-order valence-corrected chi connectivity index (χ2v) is 6.39. The lowest BCUT2D eigenvalue weighted by atomic mass is 10.1. The first-order valence-electron chi connectivity index (χ1n) is 7.70. The minimum Gasteiger partial charge on any atom is -0.372 e. The molecule has 1 aliphatic rings. The molecule has 0 unspecified atom stereocenters. The van der Waals surface area contributed by atoms with Gasteiger partial charge in [0.05, 0.1) is 12.2 Å². The number of halogens is 2. The number of carbonyl (C=O) groups is 1. The molecule has 0 spiro atoms. The first-order chi connectivity index (χ1) is 11.4. The van der Waals surface area contributed by atoms with Gasteiger partial charge in [-0.05, 0) is 38.1 Å². The molecular formula is C18H18F2N2O2. The number of amides is 1. The summed E-state index contributed by atoms with van der Waals surface area (Å²) < 4.78 is 32.7. The Hall–Kier alpha value is -2.34. The van der Waals surface area contributed by atoms with Gasteiger partial charge in [0.1, 0.15) is 17.3 Å². The summed E-state index contributed by atoms with van der Waals surface area (Å²) in [5, 5.41) is 0. The summed E-state index contributed by atoms with van der Waals surface area (Å²) in [6.07, 6.45) is 1.39. The second-order valence-electron chi connectivity index (χ2n) is 6.39. The Bertz CT molecular complexity index is 760. The Labute approximate surface area is 139 Å². The van der Waals surface area contributed by atoms with Crippen LogP contribution in [-0.2, 0) is 4.74 Å². The lowest BCUT2D eigenvalue weighted by molar-refractivity contribution is -0.0765. The maximum absolute atomic E-state index is 13.8. The van der Waals surface area contributed by atoms with Gasteiger partial charge in [-0.1, -0.05) is 6.07 Å². The fourth-order valence-corrected chi connectivity index (χ4v) is 2.75. The van der Waals surface area contributed by atoms with Gasteiger partial charge in [0.15, 0.2) is 0 Å². The van der Waals surface area contributed by atoms with Crippen molar-refractivity contribution in [2.75, 3.05) is 19.7 Å². The number of pyridine rings is 1. The topological polar surface area (TPSA) is 42.4 Å². The average molecular weight is 332 g/mol. The van der Waals surface area contributed by atoms with E-state index in [9.17, 15) is 13.6 Å². The van der Waals surface area contributed by atoms with E-state index in [1.54, 1.807) is 11.0 Å². The zero-order valence-corrected chi connectivity index (χ0v) is 13.6. The van der Waals surface area contributed by atoms with Crippen molar-refractivity contribution in [2.45, 2.75) is 19.4 Å². The molecule has 1 fully saturated rings. The highest BCUT2D eigenvalue weighted by molar-refractivity contribution is 5.92. The highest BCUT2D eigenvalue weighted by Crippen LogP contribution is 2.24. The molecule has 24 heavy (non-hydrogen) atoms. The predicted octanol–water partition coefficient (Wildman–Crippen LogP) is 3.28. The lowest BCUT2D eigenvalue weighted by Gasteiger charge is -2.37. The summed E-state index contributed by atoms with van der Waals surface area (Å²) in [5.41, 5.74) is 0.423. The maximum Gasteiger partial charge on any atom is 0.272 e. The number of ether oxygens (including phenoxy) is 1. The number of carbonyl (C=O) groups excluding carboxylic acids is 1. The Morgan fingerprint density at radius 1 is 1.25 bits per heavy atom. The van der Waals surface area contributed by atoms with Gasteiger partial charge in [-0.2, -0.15) is 0 Å². The van der Waals surface area contributed by atoms with Crippen molar-refractivity contribution < 1.29 is 18.3 Å². The molecule has 2 aromatic rings. The quantitative estimate of drug-likeness (QED) is 0.848. The van der Waals surface area contributed by atoms with E-state index in [0.29, 0.717) is 25.3 Å². The van der Waals surface area contributed by atoms with E-state index in [-0.39, 0.29) is 17.2 Å². The summed E-state index contributed by atoms with van der Waals surface area (Å²) in [5.74, 6) is -1.26. The molecule has 126 valence electrons. The van der Waals surface area contributed by atoms with E-state index in [1.807, 2.05) is 13.8 Å². The molecule has 1 saturated heterocycles. The van der Waals surface area contributed by atoms with Crippen molar-refractivity contribution in [3.8, 4) is 11.1 Å². The monoisotopic (exact) mass is 332 g/mol. The number of benzene rings is 1. The third kappa shape index (κ3) is 3.43. The van der Waals surface area contributed by atoms with Crippen molar-refractivity contribution in [1.82, 2.24) is 9.88 Å². The van der Waals surface area contributed by atoms with Crippen LogP contribution in [-0.4, -0.2) is 41.1 Å². The summed E-state index contributed by atoms with van der Waals surface area (Å²) in [4.78, 5) is 18.3. The van der Waals surface area contributed by atoms with Crippen molar-refractivity contribution in [3.63, 3.8) is 0 Å². The smallest absolute Gasteiger partial charge is 0.272 e. The molecule has 0 atom stereocenters. The van der Waals surface area contributed by atoms with Gasteiger partial charge < -0.3 is 9.64 Å². The molecule has 1 amide bonds. The van der Waals surface area contributed by atoms with Crippen LogP contribution in [0, 0.1) is 11.6 Å². The molecule has 0 N–H and O–H groups in total. The van der Waals surface area contributed by atoms with E-state index >= 15 is 0 Å². The fourth-order valence-electron chi connectivity index (χ4n) is 2.75. The summed E-state index contributed by atoms with van der Waals surface area (Å²) in [6, 6.07) is 6.34. The molecule has 1 aliphatic heterocycles. The van der Waals surface area contributed by atoms with E-state index in [1.165, 1.54) is 12.3 Å². The third-order valence-electron chi connectivity index (χ3n) is 3.93. The standard InChI is InChI=1S/C18H18F2N2O2/c1-18(2)11-22(7-8-24-18)17(23)16-6-3-12(10-21-16)14-9-13(19)4-5-15(14)20/h3-6,9-10H,7-8,11H2,1-2H3. The summed E-state index contributed by atoms with van der Waals surface area (Å²) in [6.45, 7) is 5.31. The van der Waals surface area contributed by atoms with Gasteiger partial charge >= 0.3 is 0 Å². The second kappa shape index (κ2) is 6.28. The molecule has 2 heterocycles. The van der Waals surface area contributed by atoms with E-state index < -0.39 is 17.2 Å². The van der Waals surface area contributed by atoms with Crippen LogP contribution in [0.5, 0.6) is 0 Å². The van der Waals surface area contributed by atoms with Gasteiger partial charge in [-0.25, -0.2) is 8.78 Å². The molecular weight excluding hydrogens is 314 g/mol. The van der Waals surface area contributed by atoms with Crippen LogP contribution in [0.15, 0.2) is 36.5 Å². The molecule has 3 rings (SSSR count). The Balaban J connectivity index is 1.82. The summed E-state index contributed by atoms with van der Waals surface area (Å²) in [7, 11) is 0. The molecule has 6 heteroatoms. The van der Waals surface area contributed by atoms with E-state index in [2.05, 4.69) is 4.98 Å². The van der Waals surface area contributed by atoms with Crippen LogP contribution >= 0.6 is 0 Å². The number of nitrogens with zero attached hydrogens (tertiary/aromatic N) is 2. The highest BCUT2D eigenvalue weighted by Gasteiger charge is 2.30. The van der Waals surface area contributed by atoms with Crippen LogP contribution in [0.3, 0.4) is 0 Å². The molecule has 1 aromatic carbocycles. The van der Waals surface area contributed by atoms with Gasteiger partial charge in [-0.15, -0.1) is 0 Å². The first kappa shape index (κ1) is 16.5. The number of rotatable bonds is 2.